The van der Waals surface area contributed by atoms with Crippen molar-refractivity contribution in [2.45, 2.75) is 25.0 Å². The van der Waals surface area contributed by atoms with Crippen molar-refractivity contribution in [3.05, 3.63) is 77.3 Å². The van der Waals surface area contributed by atoms with E-state index in [-0.39, 0.29) is 5.92 Å². The van der Waals surface area contributed by atoms with Crippen LogP contribution in [0, 0.1) is 0 Å². The van der Waals surface area contributed by atoms with Crippen LogP contribution in [0.4, 0.5) is 0 Å². The lowest BCUT2D eigenvalue weighted by Gasteiger charge is -2.12. The van der Waals surface area contributed by atoms with Crippen LogP contribution < -0.4 is 0 Å². The zero-order valence-corrected chi connectivity index (χ0v) is 15.2. The molecule has 0 saturated heterocycles. The second-order valence-corrected chi connectivity index (χ2v) is 7.31. The minimum Gasteiger partial charge on any atom is -0.388 e. The maximum absolute atomic E-state index is 10.3. The Hall–Kier alpha value is -2.76. The van der Waals surface area contributed by atoms with Gasteiger partial charge in [-0.15, -0.1) is 0 Å². The van der Waals surface area contributed by atoms with Gasteiger partial charge < -0.3 is 9.67 Å². The van der Waals surface area contributed by atoms with Gasteiger partial charge in [0.05, 0.1) is 12.4 Å². The molecule has 2 aromatic heterocycles. The summed E-state index contributed by atoms with van der Waals surface area (Å²) >= 11 is 6.00. The predicted octanol–water partition coefficient (Wildman–Crippen LogP) is 4.37. The van der Waals surface area contributed by atoms with E-state index in [1.807, 2.05) is 48.8 Å². The Morgan fingerprint density at radius 2 is 1.78 bits per heavy atom. The van der Waals surface area contributed by atoms with Crippen molar-refractivity contribution in [1.29, 1.82) is 0 Å². The van der Waals surface area contributed by atoms with Crippen molar-refractivity contribution in [3.8, 4) is 11.3 Å². The lowest BCUT2D eigenvalue weighted by Crippen LogP contribution is -2.07. The molecule has 1 N–H and O–H groups in total. The van der Waals surface area contributed by atoms with Crippen molar-refractivity contribution in [2.24, 2.45) is 0 Å². The fourth-order valence-corrected chi connectivity index (χ4v) is 4.08. The summed E-state index contributed by atoms with van der Waals surface area (Å²) in [5.41, 5.74) is 5.56. The van der Waals surface area contributed by atoms with Crippen LogP contribution in [0.15, 0.2) is 61.2 Å². The largest absolute Gasteiger partial charge is 0.388 e. The molecule has 0 amide bonds. The minimum atomic E-state index is -0.403. The van der Waals surface area contributed by atoms with E-state index < -0.39 is 6.10 Å². The fraction of sp³-hybridized carbons (Fsp3) is 0.190. The molecule has 2 heterocycles. The molecule has 27 heavy (non-hydrogen) atoms. The van der Waals surface area contributed by atoms with E-state index in [0.717, 1.165) is 34.5 Å². The van der Waals surface area contributed by atoms with Gasteiger partial charge in [-0.2, -0.15) is 0 Å². The second-order valence-electron chi connectivity index (χ2n) is 6.88. The maximum Gasteiger partial charge on any atom is 0.163 e. The number of halogens is 1. The van der Waals surface area contributed by atoms with Crippen LogP contribution >= 0.6 is 11.6 Å². The third-order valence-electron chi connectivity index (χ3n) is 5.24. The number of fused-ring (bicyclic) bond motifs is 2. The van der Waals surface area contributed by atoms with Crippen LogP contribution in [-0.4, -0.2) is 24.6 Å². The third-order valence-corrected chi connectivity index (χ3v) is 5.49. The van der Waals surface area contributed by atoms with Gasteiger partial charge in [-0.1, -0.05) is 48.0 Å². The van der Waals surface area contributed by atoms with E-state index in [2.05, 4.69) is 25.6 Å². The van der Waals surface area contributed by atoms with E-state index in [9.17, 15) is 5.11 Å². The Kier molecular flexibility index (Phi) is 3.92. The lowest BCUT2D eigenvalue weighted by atomic mass is 10.0. The molecule has 5 rings (SSSR count). The first-order valence-corrected chi connectivity index (χ1v) is 9.27. The van der Waals surface area contributed by atoms with Crippen molar-refractivity contribution < 1.29 is 5.11 Å². The van der Waals surface area contributed by atoms with Crippen molar-refractivity contribution in [3.63, 3.8) is 0 Å². The SMILES string of the molecule is O[C@H]1C[C@@H](Cn2cnc3c(-c4ccc(Cl)cc4)ncnc32)c2ccccc21. The molecular weight excluding hydrogens is 360 g/mol. The molecule has 0 saturated carbocycles. The Morgan fingerprint density at radius 3 is 2.59 bits per heavy atom. The summed E-state index contributed by atoms with van der Waals surface area (Å²) in [6.45, 7) is 0.724. The summed E-state index contributed by atoms with van der Waals surface area (Å²) < 4.78 is 2.05. The number of imidazole rings is 1. The number of aliphatic hydroxyl groups excluding tert-OH is 1. The van der Waals surface area contributed by atoms with E-state index in [0.29, 0.717) is 11.4 Å². The van der Waals surface area contributed by atoms with Gasteiger partial charge in [-0.3, -0.25) is 0 Å². The molecule has 0 aliphatic heterocycles. The Bertz CT molecular complexity index is 1120. The van der Waals surface area contributed by atoms with E-state index in [1.165, 1.54) is 5.56 Å². The fourth-order valence-electron chi connectivity index (χ4n) is 3.95. The molecule has 1 aliphatic carbocycles. The van der Waals surface area contributed by atoms with Gasteiger partial charge in [-0.05, 0) is 29.7 Å². The van der Waals surface area contributed by atoms with Crippen molar-refractivity contribution in [2.75, 3.05) is 0 Å². The van der Waals surface area contributed by atoms with E-state index in [4.69, 9.17) is 11.6 Å². The van der Waals surface area contributed by atoms with Crippen LogP contribution in [0.3, 0.4) is 0 Å². The normalized spacial score (nSPS) is 18.7. The maximum atomic E-state index is 10.3. The standard InChI is InChI=1S/C21H17ClN4O/c22-15-7-5-13(6-8-15)19-20-21(24-11-23-19)26(12-25-20)10-14-9-18(27)17-4-2-1-3-16(14)17/h1-8,11-12,14,18,27H,9-10H2/t14-,18-/m0/s1. The molecule has 2 aromatic carbocycles. The molecule has 4 aromatic rings. The molecule has 2 atom stereocenters. The van der Waals surface area contributed by atoms with Gasteiger partial charge in [0, 0.05) is 23.0 Å². The summed E-state index contributed by atoms with van der Waals surface area (Å²) in [5, 5.41) is 11.0. The van der Waals surface area contributed by atoms with Crippen LogP contribution in [0.2, 0.25) is 5.02 Å². The molecule has 0 fully saturated rings. The number of rotatable bonds is 3. The highest BCUT2D eigenvalue weighted by Gasteiger charge is 2.29. The number of hydrogen-bond acceptors (Lipinski definition) is 4. The molecule has 134 valence electrons. The first-order chi connectivity index (χ1) is 13.2. The zero-order chi connectivity index (χ0) is 18.4. The average Bonchev–Trinajstić information content (AvgIpc) is 3.25. The molecule has 1 aliphatic rings. The molecule has 0 radical (unpaired) electrons. The van der Waals surface area contributed by atoms with Gasteiger partial charge in [0.25, 0.3) is 0 Å². The monoisotopic (exact) mass is 376 g/mol. The number of benzene rings is 2. The lowest BCUT2D eigenvalue weighted by molar-refractivity contribution is 0.171. The topological polar surface area (TPSA) is 63.8 Å². The number of hydrogen-bond donors (Lipinski definition) is 1. The molecule has 6 heteroatoms. The van der Waals surface area contributed by atoms with Crippen LogP contribution in [0.5, 0.6) is 0 Å². The number of nitrogens with zero attached hydrogens (tertiary/aromatic N) is 4. The Balaban J connectivity index is 1.53. The molecule has 0 spiro atoms. The second kappa shape index (κ2) is 6.44. The van der Waals surface area contributed by atoms with Gasteiger partial charge >= 0.3 is 0 Å². The van der Waals surface area contributed by atoms with Crippen LogP contribution in [0.25, 0.3) is 22.4 Å². The van der Waals surface area contributed by atoms with Crippen LogP contribution in [0.1, 0.15) is 29.6 Å². The number of aromatic nitrogens is 4. The number of aliphatic hydroxyl groups is 1. The first kappa shape index (κ1) is 16.4. The van der Waals surface area contributed by atoms with Gasteiger partial charge in [0.1, 0.15) is 17.5 Å². The van der Waals surface area contributed by atoms with Gasteiger partial charge in [0.2, 0.25) is 0 Å². The third kappa shape index (κ3) is 2.80. The van der Waals surface area contributed by atoms with Crippen molar-refractivity contribution in [1.82, 2.24) is 19.5 Å². The average molecular weight is 377 g/mol. The van der Waals surface area contributed by atoms with Crippen molar-refractivity contribution >= 4 is 22.8 Å². The Labute approximate surface area is 161 Å². The highest BCUT2D eigenvalue weighted by molar-refractivity contribution is 6.30. The van der Waals surface area contributed by atoms with E-state index >= 15 is 0 Å². The summed E-state index contributed by atoms with van der Waals surface area (Å²) in [7, 11) is 0. The quantitative estimate of drug-likeness (QED) is 0.576. The Morgan fingerprint density at radius 1 is 1.00 bits per heavy atom. The smallest absolute Gasteiger partial charge is 0.163 e. The highest BCUT2D eigenvalue weighted by Crippen LogP contribution is 2.41. The minimum absolute atomic E-state index is 0.238. The van der Waals surface area contributed by atoms with E-state index in [1.54, 1.807) is 6.33 Å². The first-order valence-electron chi connectivity index (χ1n) is 8.89. The highest BCUT2D eigenvalue weighted by atomic mass is 35.5. The predicted molar refractivity (Wildman–Crippen MR) is 105 cm³/mol. The molecule has 5 nitrogen and oxygen atoms in total. The zero-order valence-electron chi connectivity index (χ0n) is 14.5. The van der Waals surface area contributed by atoms with Gasteiger partial charge in [0.15, 0.2) is 5.65 Å². The summed E-state index contributed by atoms with van der Waals surface area (Å²) in [6, 6.07) is 15.7. The van der Waals surface area contributed by atoms with Gasteiger partial charge in [-0.25, -0.2) is 15.0 Å². The summed E-state index contributed by atoms with van der Waals surface area (Å²) in [5.74, 6) is 0.238. The molecular formula is C21H17ClN4O. The molecule has 0 bridgehead atoms. The molecule has 0 unspecified atom stereocenters. The summed E-state index contributed by atoms with van der Waals surface area (Å²) in [6.07, 6.45) is 3.70. The van der Waals surface area contributed by atoms with Crippen LogP contribution in [-0.2, 0) is 6.54 Å². The summed E-state index contributed by atoms with van der Waals surface area (Å²) in [4.78, 5) is 13.5.